The minimum absolute atomic E-state index is 0.0175. The molecule has 1 rings (SSSR count). The molecule has 0 aliphatic heterocycles. The molecule has 1 amide bonds. The van der Waals surface area contributed by atoms with E-state index in [2.05, 4.69) is 26.0 Å². The molecule has 104 valence electrons. The molecule has 0 radical (unpaired) electrons. The van der Waals surface area contributed by atoms with Crippen LogP contribution in [0.25, 0.3) is 0 Å². The van der Waals surface area contributed by atoms with Crippen LogP contribution < -0.4 is 5.32 Å². The van der Waals surface area contributed by atoms with Crippen molar-refractivity contribution in [1.82, 2.24) is 5.32 Å². The lowest BCUT2D eigenvalue weighted by molar-refractivity contribution is -0.142. The van der Waals surface area contributed by atoms with Crippen molar-refractivity contribution in [3.8, 4) is 0 Å². The average molecular weight is 328 g/mol. The lowest BCUT2D eigenvalue weighted by Crippen LogP contribution is -2.34. The predicted molar refractivity (Wildman–Crippen MR) is 76.7 cm³/mol. The third-order valence-electron chi connectivity index (χ3n) is 2.68. The molecule has 0 unspecified atom stereocenters. The number of amides is 1. The summed E-state index contributed by atoms with van der Waals surface area (Å²) in [7, 11) is 1.32. The van der Waals surface area contributed by atoms with E-state index in [1.807, 2.05) is 31.2 Å². The number of rotatable bonds is 6. The Morgan fingerprint density at radius 1 is 1.32 bits per heavy atom. The maximum absolute atomic E-state index is 11.6. The van der Waals surface area contributed by atoms with E-state index in [1.165, 1.54) is 7.11 Å². The summed E-state index contributed by atoms with van der Waals surface area (Å²) in [6, 6.07) is 7.92. The average Bonchev–Trinajstić information content (AvgIpc) is 2.38. The van der Waals surface area contributed by atoms with E-state index in [1.54, 1.807) is 0 Å². The van der Waals surface area contributed by atoms with Crippen molar-refractivity contribution < 1.29 is 14.3 Å². The highest BCUT2D eigenvalue weighted by Gasteiger charge is 2.11. The maximum atomic E-state index is 11.6. The fourth-order valence-corrected chi connectivity index (χ4v) is 2.16. The van der Waals surface area contributed by atoms with E-state index in [0.717, 1.165) is 16.5 Å². The van der Waals surface area contributed by atoms with Gasteiger partial charge in [0.2, 0.25) is 5.91 Å². The van der Waals surface area contributed by atoms with Gasteiger partial charge >= 0.3 is 5.97 Å². The molecule has 0 bridgehead atoms. The minimum Gasteiger partial charge on any atom is -0.469 e. The van der Waals surface area contributed by atoms with Crippen LogP contribution in [0.4, 0.5) is 0 Å². The van der Waals surface area contributed by atoms with Gasteiger partial charge in [0.05, 0.1) is 13.5 Å². The fourth-order valence-electron chi connectivity index (χ4n) is 1.71. The first kappa shape index (κ1) is 15.7. The summed E-state index contributed by atoms with van der Waals surface area (Å²) in [6.45, 7) is 1.94. The lowest BCUT2D eigenvalue weighted by atomic mass is 10.1. The van der Waals surface area contributed by atoms with Crippen LogP contribution >= 0.6 is 15.9 Å². The summed E-state index contributed by atoms with van der Waals surface area (Å²) in [6.07, 6.45) is 1.02. The molecule has 1 atom stereocenters. The molecule has 0 aliphatic rings. The first-order valence-corrected chi connectivity index (χ1v) is 6.91. The molecule has 0 saturated heterocycles. The van der Waals surface area contributed by atoms with Crippen molar-refractivity contribution in [1.29, 1.82) is 0 Å². The molecule has 0 spiro atoms. The van der Waals surface area contributed by atoms with E-state index < -0.39 is 0 Å². The van der Waals surface area contributed by atoms with Crippen LogP contribution in [0, 0.1) is 0 Å². The monoisotopic (exact) mass is 327 g/mol. The van der Waals surface area contributed by atoms with Crippen LogP contribution in [0.15, 0.2) is 28.7 Å². The van der Waals surface area contributed by atoms with Gasteiger partial charge in [-0.25, -0.2) is 0 Å². The van der Waals surface area contributed by atoms with Crippen LogP contribution in [0.1, 0.15) is 25.3 Å². The van der Waals surface area contributed by atoms with Gasteiger partial charge in [0.1, 0.15) is 0 Å². The molecule has 0 aliphatic carbocycles. The quantitative estimate of drug-likeness (QED) is 0.816. The molecule has 0 aromatic heterocycles. The number of methoxy groups -OCH3 is 1. The van der Waals surface area contributed by atoms with Crippen LogP contribution in [-0.2, 0) is 20.7 Å². The first-order valence-electron chi connectivity index (χ1n) is 6.12. The summed E-state index contributed by atoms with van der Waals surface area (Å²) < 4.78 is 5.52. The number of ether oxygens (including phenoxy) is 1. The Morgan fingerprint density at radius 2 is 2.00 bits per heavy atom. The van der Waals surface area contributed by atoms with Gasteiger partial charge in [-0.15, -0.1) is 0 Å². The van der Waals surface area contributed by atoms with Crippen molar-refractivity contribution in [2.45, 2.75) is 32.2 Å². The van der Waals surface area contributed by atoms with E-state index in [9.17, 15) is 9.59 Å². The largest absolute Gasteiger partial charge is 0.469 e. The summed E-state index contributed by atoms with van der Waals surface area (Å²) in [4.78, 5) is 22.5. The van der Waals surface area contributed by atoms with Gasteiger partial charge < -0.3 is 10.1 Å². The van der Waals surface area contributed by atoms with Crippen LogP contribution in [0.2, 0.25) is 0 Å². The SMILES string of the molecule is COC(=O)CCC(=O)N[C@@H](C)Cc1ccccc1Br. The number of carbonyl (C=O) groups excluding carboxylic acids is 2. The minimum atomic E-state index is -0.367. The van der Waals surface area contributed by atoms with Crippen molar-refractivity contribution in [2.75, 3.05) is 7.11 Å². The van der Waals surface area contributed by atoms with Crippen molar-refractivity contribution >= 4 is 27.8 Å². The topological polar surface area (TPSA) is 55.4 Å². The molecular weight excluding hydrogens is 310 g/mol. The number of halogens is 1. The van der Waals surface area contributed by atoms with Gasteiger partial charge in [0.15, 0.2) is 0 Å². The molecule has 0 fully saturated rings. The highest BCUT2D eigenvalue weighted by atomic mass is 79.9. The number of benzene rings is 1. The Morgan fingerprint density at radius 3 is 2.63 bits per heavy atom. The van der Waals surface area contributed by atoms with Gasteiger partial charge in [0, 0.05) is 16.9 Å². The molecule has 5 heteroatoms. The summed E-state index contributed by atoms with van der Waals surface area (Å²) in [5, 5.41) is 2.87. The van der Waals surface area contributed by atoms with Crippen LogP contribution in [0.5, 0.6) is 0 Å². The fraction of sp³-hybridized carbons (Fsp3) is 0.429. The Labute approximate surface area is 121 Å². The molecule has 0 saturated carbocycles. The zero-order valence-electron chi connectivity index (χ0n) is 11.1. The lowest BCUT2D eigenvalue weighted by Gasteiger charge is -2.14. The predicted octanol–water partition coefficient (Wildman–Crippen LogP) is 2.45. The number of nitrogens with one attached hydrogen (secondary N) is 1. The Bertz CT molecular complexity index is 448. The highest BCUT2D eigenvalue weighted by Crippen LogP contribution is 2.17. The second-order valence-corrected chi connectivity index (χ2v) is 5.19. The standard InChI is InChI=1S/C14H18BrNO3/c1-10(9-11-5-3-4-6-12(11)15)16-13(17)7-8-14(18)19-2/h3-6,10H,7-9H2,1-2H3,(H,16,17)/t10-/m0/s1. The van der Waals surface area contributed by atoms with E-state index in [-0.39, 0.29) is 30.8 Å². The zero-order valence-corrected chi connectivity index (χ0v) is 12.7. The maximum Gasteiger partial charge on any atom is 0.306 e. The molecule has 1 aromatic carbocycles. The normalized spacial score (nSPS) is 11.7. The molecule has 19 heavy (non-hydrogen) atoms. The number of esters is 1. The van der Waals surface area contributed by atoms with Gasteiger partial charge in [-0.1, -0.05) is 34.1 Å². The Hall–Kier alpha value is -1.36. The second-order valence-electron chi connectivity index (χ2n) is 4.34. The number of carbonyl (C=O) groups is 2. The summed E-state index contributed by atoms with van der Waals surface area (Å²) in [5.41, 5.74) is 1.14. The van der Waals surface area contributed by atoms with E-state index >= 15 is 0 Å². The summed E-state index contributed by atoms with van der Waals surface area (Å²) in [5.74, 6) is -0.501. The third-order valence-corrected chi connectivity index (χ3v) is 3.45. The van der Waals surface area contributed by atoms with Gasteiger partial charge in [-0.3, -0.25) is 9.59 Å². The molecule has 1 N–H and O–H groups in total. The third kappa shape index (κ3) is 5.87. The van der Waals surface area contributed by atoms with Crippen molar-refractivity contribution in [3.63, 3.8) is 0 Å². The Balaban J connectivity index is 2.39. The van der Waals surface area contributed by atoms with Crippen molar-refractivity contribution in [2.24, 2.45) is 0 Å². The first-order chi connectivity index (χ1) is 9.02. The smallest absolute Gasteiger partial charge is 0.306 e. The van der Waals surface area contributed by atoms with Crippen LogP contribution in [0.3, 0.4) is 0 Å². The van der Waals surface area contributed by atoms with Gasteiger partial charge in [-0.2, -0.15) is 0 Å². The van der Waals surface area contributed by atoms with Gasteiger partial charge in [-0.05, 0) is 25.0 Å². The highest BCUT2D eigenvalue weighted by molar-refractivity contribution is 9.10. The van der Waals surface area contributed by atoms with E-state index in [4.69, 9.17) is 0 Å². The Kier molecular flexibility index (Phi) is 6.56. The molecule has 1 aromatic rings. The molecule has 4 nitrogen and oxygen atoms in total. The summed E-state index contributed by atoms with van der Waals surface area (Å²) >= 11 is 3.48. The molecular formula is C14H18BrNO3. The number of hydrogen-bond acceptors (Lipinski definition) is 3. The molecule has 0 heterocycles. The van der Waals surface area contributed by atoms with E-state index in [0.29, 0.717) is 0 Å². The second kappa shape index (κ2) is 7.94. The van der Waals surface area contributed by atoms with Crippen LogP contribution in [-0.4, -0.2) is 25.0 Å². The van der Waals surface area contributed by atoms with Crippen molar-refractivity contribution in [3.05, 3.63) is 34.3 Å². The zero-order chi connectivity index (χ0) is 14.3. The van der Waals surface area contributed by atoms with Gasteiger partial charge in [0.25, 0.3) is 0 Å². The number of hydrogen-bond donors (Lipinski definition) is 1.